The van der Waals surface area contributed by atoms with E-state index in [2.05, 4.69) is 5.10 Å². The third kappa shape index (κ3) is 3.46. The zero-order chi connectivity index (χ0) is 16.5. The van der Waals surface area contributed by atoms with Crippen molar-refractivity contribution in [2.24, 2.45) is 0 Å². The van der Waals surface area contributed by atoms with Crippen molar-refractivity contribution in [3.63, 3.8) is 0 Å². The highest BCUT2D eigenvalue weighted by Gasteiger charge is 2.25. The normalized spacial score (nSPS) is 12.1. The van der Waals surface area contributed by atoms with Gasteiger partial charge in [-0.15, -0.1) is 0 Å². The molecule has 0 radical (unpaired) electrons. The SMILES string of the molecule is CCn1cc(CN(C)S(=O)(=O)c2cc(Cl)ccc2Cl)c(C)n1. The minimum absolute atomic E-state index is 0.00435. The van der Waals surface area contributed by atoms with Crippen LogP contribution in [-0.4, -0.2) is 29.6 Å². The predicted octanol–water partition coefficient (Wildman–Crippen LogP) is 3.34. The van der Waals surface area contributed by atoms with Crippen LogP contribution in [0.1, 0.15) is 18.2 Å². The van der Waals surface area contributed by atoms with Crippen molar-refractivity contribution in [3.05, 3.63) is 45.7 Å². The summed E-state index contributed by atoms with van der Waals surface area (Å²) in [4.78, 5) is 0.00435. The fourth-order valence-electron chi connectivity index (χ4n) is 2.04. The lowest BCUT2D eigenvalue weighted by Gasteiger charge is -2.17. The number of hydrogen-bond donors (Lipinski definition) is 0. The maximum absolute atomic E-state index is 12.7. The number of sulfonamides is 1. The molecule has 2 aromatic rings. The predicted molar refractivity (Wildman–Crippen MR) is 87.8 cm³/mol. The highest BCUT2D eigenvalue weighted by Crippen LogP contribution is 2.28. The Balaban J connectivity index is 2.32. The number of nitrogens with zero attached hydrogens (tertiary/aromatic N) is 3. The van der Waals surface area contributed by atoms with E-state index in [0.29, 0.717) is 5.02 Å². The maximum atomic E-state index is 12.7. The van der Waals surface area contributed by atoms with Crippen molar-refractivity contribution in [2.75, 3.05) is 7.05 Å². The van der Waals surface area contributed by atoms with E-state index in [0.717, 1.165) is 17.8 Å². The summed E-state index contributed by atoms with van der Waals surface area (Å²) in [6.45, 7) is 4.78. The minimum atomic E-state index is -3.72. The van der Waals surface area contributed by atoms with Crippen molar-refractivity contribution >= 4 is 33.2 Å². The van der Waals surface area contributed by atoms with Gasteiger partial charge in [-0.1, -0.05) is 23.2 Å². The van der Waals surface area contributed by atoms with E-state index in [1.807, 2.05) is 20.0 Å². The quantitative estimate of drug-likeness (QED) is 0.820. The van der Waals surface area contributed by atoms with Gasteiger partial charge in [-0.25, -0.2) is 8.42 Å². The standard InChI is InChI=1S/C14H17Cl2N3O2S/c1-4-19-9-11(10(2)17-19)8-18(3)22(20,21)14-7-12(15)5-6-13(14)16/h5-7,9H,4,8H2,1-3H3. The molecule has 0 N–H and O–H groups in total. The zero-order valence-electron chi connectivity index (χ0n) is 12.5. The Kier molecular flexibility index (Phi) is 5.17. The lowest BCUT2D eigenvalue weighted by atomic mass is 10.3. The smallest absolute Gasteiger partial charge is 0.244 e. The van der Waals surface area contributed by atoms with Gasteiger partial charge >= 0.3 is 0 Å². The molecule has 0 unspecified atom stereocenters. The van der Waals surface area contributed by atoms with Gasteiger partial charge in [-0.05, 0) is 32.0 Å². The molecule has 0 aliphatic carbocycles. The molecule has 8 heteroatoms. The van der Waals surface area contributed by atoms with Gasteiger partial charge in [0, 0.05) is 36.9 Å². The summed E-state index contributed by atoms with van der Waals surface area (Å²) in [5, 5.41) is 4.79. The molecule has 1 aromatic heterocycles. The molecule has 0 saturated carbocycles. The fraction of sp³-hybridized carbons (Fsp3) is 0.357. The van der Waals surface area contributed by atoms with Gasteiger partial charge in [0.1, 0.15) is 4.90 Å². The van der Waals surface area contributed by atoms with Gasteiger partial charge in [0.25, 0.3) is 0 Å². The molecule has 120 valence electrons. The topological polar surface area (TPSA) is 55.2 Å². The number of halogens is 2. The minimum Gasteiger partial charge on any atom is -0.272 e. The maximum Gasteiger partial charge on any atom is 0.244 e. The van der Waals surface area contributed by atoms with Crippen molar-refractivity contribution in [1.82, 2.24) is 14.1 Å². The molecule has 0 atom stereocenters. The zero-order valence-corrected chi connectivity index (χ0v) is 14.9. The second-order valence-electron chi connectivity index (χ2n) is 4.93. The third-order valence-corrected chi connectivity index (χ3v) is 5.87. The van der Waals surface area contributed by atoms with E-state index in [1.54, 1.807) is 10.7 Å². The molecule has 0 amide bonds. The highest BCUT2D eigenvalue weighted by molar-refractivity contribution is 7.89. The summed E-state index contributed by atoms with van der Waals surface area (Å²) in [5.41, 5.74) is 1.66. The molecule has 1 aromatic carbocycles. The lowest BCUT2D eigenvalue weighted by Crippen LogP contribution is -2.27. The Morgan fingerprint density at radius 1 is 1.32 bits per heavy atom. The fourth-order valence-corrected chi connectivity index (χ4v) is 3.93. The molecule has 0 saturated heterocycles. The Labute approximate surface area is 140 Å². The van der Waals surface area contributed by atoms with E-state index in [9.17, 15) is 8.42 Å². The number of benzene rings is 1. The van der Waals surface area contributed by atoms with Crippen molar-refractivity contribution in [3.8, 4) is 0 Å². The Morgan fingerprint density at radius 2 is 2.00 bits per heavy atom. The first-order valence-electron chi connectivity index (χ1n) is 6.70. The molecule has 5 nitrogen and oxygen atoms in total. The molecule has 0 spiro atoms. The number of aryl methyl sites for hydroxylation is 2. The summed E-state index contributed by atoms with van der Waals surface area (Å²) in [5.74, 6) is 0. The largest absolute Gasteiger partial charge is 0.272 e. The summed E-state index contributed by atoms with van der Waals surface area (Å²) in [7, 11) is -2.22. The Hall–Kier alpha value is -1.08. The molecular formula is C14H17Cl2N3O2S. The first kappa shape index (κ1) is 17.3. The van der Waals surface area contributed by atoms with E-state index in [1.165, 1.54) is 23.5 Å². The van der Waals surface area contributed by atoms with E-state index in [-0.39, 0.29) is 16.5 Å². The highest BCUT2D eigenvalue weighted by atomic mass is 35.5. The lowest BCUT2D eigenvalue weighted by molar-refractivity contribution is 0.466. The summed E-state index contributed by atoms with van der Waals surface area (Å²) < 4.78 is 28.3. The van der Waals surface area contributed by atoms with E-state index in [4.69, 9.17) is 23.2 Å². The molecule has 0 aliphatic heterocycles. The number of hydrogen-bond acceptors (Lipinski definition) is 3. The van der Waals surface area contributed by atoms with Crippen molar-refractivity contribution < 1.29 is 8.42 Å². The van der Waals surface area contributed by atoms with Crippen LogP contribution in [0.5, 0.6) is 0 Å². The molecule has 1 heterocycles. The van der Waals surface area contributed by atoms with Crippen LogP contribution in [0.3, 0.4) is 0 Å². The van der Waals surface area contributed by atoms with Crippen LogP contribution in [0.4, 0.5) is 0 Å². The summed E-state index contributed by atoms with van der Waals surface area (Å²) >= 11 is 11.9. The van der Waals surface area contributed by atoms with Crippen LogP contribution >= 0.6 is 23.2 Å². The Morgan fingerprint density at radius 3 is 2.59 bits per heavy atom. The molecule has 0 aliphatic rings. The van der Waals surface area contributed by atoms with Gasteiger partial charge in [-0.3, -0.25) is 4.68 Å². The number of rotatable bonds is 5. The van der Waals surface area contributed by atoms with Gasteiger partial charge in [-0.2, -0.15) is 9.40 Å². The molecule has 0 fully saturated rings. The van der Waals surface area contributed by atoms with Crippen LogP contribution in [0, 0.1) is 6.92 Å². The van der Waals surface area contributed by atoms with Gasteiger partial charge in [0.2, 0.25) is 10.0 Å². The van der Waals surface area contributed by atoms with E-state index < -0.39 is 10.0 Å². The van der Waals surface area contributed by atoms with Crippen LogP contribution < -0.4 is 0 Å². The molecular weight excluding hydrogens is 345 g/mol. The summed E-state index contributed by atoms with van der Waals surface area (Å²) in [6.07, 6.45) is 1.85. The second-order valence-corrected chi connectivity index (χ2v) is 7.79. The van der Waals surface area contributed by atoms with Gasteiger partial charge < -0.3 is 0 Å². The average Bonchev–Trinajstić information content (AvgIpc) is 2.81. The molecule has 22 heavy (non-hydrogen) atoms. The monoisotopic (exact) mass is 361 g/mol. The van der Waals surface area contributed by atoms with Gasteiger partial charge in [0.15, 0.2) is 0 Å². The van der Waals surface area contributed by atoms with E-state index >= 15 is 0 Å². The Bertz CT molecular complexity index is 787. The summed E-state index contributed by atoms with van der Waals surface area (Å²) in [6, 6.07) is 4.39. The molecule has 0 bridgehead atoms. The second kappa shape index (κ2) is 6.58. The first-order chi connectivity index (χ1) is 10.3. The molecule has 2 rings (SSSR count). The third-order valence-electron chi connectivity index (χ3n) is 3.35. The van der Waals surface area contributed by atoms with Crippen molar-refractivity contribution in [2.45, 2.75) is 31.8 Å². The first-order valence-corrected chi connectivity index (χ1v) is 8.89. The van der Waals surface area contributed by atoms with Crippen LogP contribution in [-0.2, 0) is 23.1 Å². The number of aromatic nitrogens is 2. The average molecular weight is 362 g/mol. The van der Waals surface area contributed by atoms with Crippen LogP contribution in [0.15, 0.2) is 29.3 Å². The van der Waals surface area contributed by atoms with Gasteiger partial charge in [0.05, 0.1) is 10.7 Å². The van der Waals surface area contributed by atoms with Crippen LogP contribution in [0.2, 0.25) is 10.0 Å². The van der Waals surface area contributed by atoms with Crippen molar-refractivity contribution in [1.29, 1.82) is 0 Å². The van der Waals surface area contributed by atoms with Crippen LogP contribution in [0.25, 0.3) is 0 Å².